The predicted octanol–water partition coefficient (Wildman–Crippen LogP) is 3.83. The summed E-state index contributed by atoms with van der Waals surface area (Å²) in [7, 11) is 0. The van der Waals surface area contributed by atoms with Gasteiger partial charge in [0.2, 0.25) is 5.91 Å². The summed E-state index contributed by atoms with van der Waals surface area (Å²) in [5.74, 6) is 2.71. The van der Waals surface area contributed by atoms with Crippen LogP contribution in [0, 0.1) is 5.92 Å². The Kier molecular flexibility index (Phi) is 7.59. The molecule has 1 aromatic heterocycles. The molecule has 1 aliphatic carbocycles. The molecule has 2 saturated heterocycles. The molecule has 2 aliphatic heterocycles. The first-order valence-electron chi connectivity index (χ1n) is 13.1. The van der Waals surface area contributed by atoms with Gasteiger partial charge < -0.3 is 15.5 Å². The van der Waals surface area contributed by atoms with Gasteiger partial charge in [0.25, 0.3) is 0 Å². The van der Waals surface area contributed by atoms with E-state index in [1.54, 1.807) is 6.33 Å². The van der Waals surface area contributed by atoms with Crippen molar-refractivity contribution in [2.24, 2.45) is 5.92 Å². The van der Waals surface area contributed by atoms with Crippen LogP contribution < -0.4 is 15.5 Å². The standard InChI is InChI=1S/C27H38N6O/c34-27(31-24-12-15-32(16-13-24)18-21-5-2-1-3-6-21)11-8-22-7-4-14-33(19-22)26-17-25(28-20-29-26)30-23-9-10-23/h1-3,5-6,17,20,22-24H,4,7-16,18-19H2,(H,31,34)(H,28,29,30)/t22-/m0/s1. The largest absolute Gasteiger partial charge is 0.367 e. The van der Waals surface area contributed by atoms with Crippen LogP contribution in [0.5, 0.6) is 0 Å². The third kappa shape index (κ3) is 6.69. The third-order valence-electron chi connectivity index (χ3n) is 7.41. The van der Waals surface area contributed by atoms with E-state index in [9.17, 15) is 4.79 Å². The fourth-order valence-electron chi connectivity index (χ4n) is 5.26. The van der Waals surface area contributed by atoms with Gasteiger partial charge in [-0.05, 0) is 56.4 Å². The summed E-state index contributed by atoms with van der Waals surface area (Å²) in [6.07, 6.45) is 10.2. The lowest BCUT2D eigenvalue weighted by Gasteiger charge is -2.34. The van der Waals surface area contributed by atoms with Crippen LogP contribution >= 0.6 is 0 Å². The zero-order valence-electron chi connectivity index (χ0n) is 20.2. The highest BCUT2D eigenvalue weighted by atomic mass is 16.1. The van der Waals surface area contributed by atoms with E-state index < -0.39 is 0 Å². The maximum Gasteiger partial charge on any atom is 0.220 e. The molecule has 7 heteroatoms. The summed E-state index contributed by atoms with van der Waals surface area (Å²) in [4.78, 5) is 26.4. The minimum Gasteiger partial charge on any atom is -0.367 e. The number of anilines is 2. The first kappa shape index (κ1) is 23.1. The third-order valence-corrected chi connectivity index (χ3v) is 7.41. The normalized spacial score (nSPS) is 21.9. The lowest BCUT2D eigenvalue weighted by atomic mass is 9.93. The number of benzene rings is 1. The quantitative estimate of drug-likeness (QED) is 0.590. The minimum absolute atomic E-state index is 0.219. The maximum atomic E-state index is 12.7. The van der Waals surface area contributed by atoms with Gasteiger partial charge in [-0.3, -0.25) is 9.69 Å². The smallest absolute Gasteiger partial charge is 0.220 e. The highest BCUT2D eigenvalue weighted by Gasteiger charge is 2.25. The first-order chi connectivity index (χ1) is 16.7. The molecular formula is C27H38N6O. The number of nitrogens with zero attached hydrogens (tertiary/aromatic N) is 4. The molecule has 0 radical (unpaired) electrons. The van der Waals surface area contributed by atoms with Crippen molar-refractivity contribution in [3.05, 3.63) is 48.3 Å². The molecule has 2 aromatic rings. The molecular weight excluding hydrogens is 424 g/mol. The Bertz CT molecular complexity index is 926. The van der Waals surface area contributed by atoms with Crippen LogP contribution in [0.25, 0.3) is 0 Å². The highest BCUT2D eigenvalue weighted by molar-refractivity contribution is 5.76. The molecule has 7 nitrogen and oxygen atoms in total. The number of rotatable bonds is 9. The van der Waals surface area contributed by atoms with Crippen molar-refractivity contribution in [2.45, 2.75) is 70.0 Å². The Morgan fingerprint density at radius 1 is 0.971 bits per heavy atom. The molecule has 3 fully saturated rings. The summed E-state index contributed by atoms with van der Waals surface area (Å²) in [5.41, 5.74) is 1.36. The summed E-state index contributed by atoms with van der Waals surface area (Å²) in [6.45, 7) is 5.11. The summed E-state index contributed by atoms with van der Waals surface area (Å²) >= 11 is 0. The van der Waals surface area contributed by atoms with Crippen LogP contribution in [0.4, 0.5) is 11.6 Å². The molecule has 0 unspecified atom stereocenters. The molecule has 1 amide bonds. The molecule has 3 heterocycles. The molecule has 182 valence electrons. The fourth-order valence-corrected chi connectivity index (χ4v) is 5.26. The van der Waals surface area contributed by atoms with Gasteiger partial charge in [0.05, 0.1) is 0 Å². The average molecular weight is 463 g/mol. The maximum absolute atomic E-state index is 12.7. The number of likely N-dealkylation sites (tertiary alicyclic amines) is 1. The predicted molar refractivity (Wildman–Crippen MR) is 136 cm³/mol. The average Bonchev–Trinajstić information content (AvgIpc) is 3.69. The Labute approximate surface area is 203 Å². The molecule has 1 atom stereocenters. The van der Waals surface area contributed by atoms with Crippen LogP contribution in [0.1, 0.15) is 56.9 Å². The Morgan fingerprint density at radius 3 is 2.59 bits per heavy atom. The number of carbonyl (C=O) groups excluding carboxylic acids is 1. The lowest BCUT2D eigenvalue weighted by molar-refractivity contribution is -0.122. The Balaban J connectivity index is 1.02. The van der Waals surface area contributed by atoms with Gasteiger partial charge >= 0.3 is 0 Å². The van der Waals surface area contributed by atoms with E-state index in [4.69, 9.17) is 0 Å². The minimum atomic E-state index is 0.219. The molecule has 5 rings (SSSR count). The van der Waals surface area contributed by atoms with Gasteiger partial charge in [0, 0.05) is 57.3 Å². The molecule has 3 aliphatic rings. The number of amides is 1. The first-order valence-corrected chi connectivity index (χ1v) is 13.1. The van der Waals surface area contributed by atoms with E-state index in [0.29, 0.717) is 24.4 Å². The van der Waals surface area contributed by atoms with E-state index >= 15 is 0 Å². The van der Waals surface area contributed by atoms with Gasteiger partial charge in [-0.25, -0.2) is 9.97 Å². The summed E-state index contributed by atoms with van der Waals surface area (Å²) < 4.78 is 0. The summed E-state index contributed by atoms with van der Waals surface area (Å²) in [6, 6.07) is 13.6. The van der Waals surface area contributed by atoms with Crippen molar-refractivity contribution in [2.75, 3.05) is 36.4 Å². The molecule has 1 aromatic carbocycles. The molecule has 0 spiro atoms. The van der Waals surface area contributed by atoms with Gasteiger partial charge in [0.1, 0.15) is 18.0 Å². The van der Waals surface area contributed by atoms with Crippen molar-refractivity contribution in [3.63, 3.8) is 0 Å². The second-order valence-corrected chi connectivity index (χ2v) is 10.3. The SMILES string of the molecule is O=C(CC[C@@H]1CCCN(c2cc(NC3CC3)ncn2)C1)NC1CCN(Cc2ccccc2)CC1. The van der Waals surface area contributed by atoms with E-state index in [2.05, 4.69) is 66.8 Å². The monoisotopic (exact) mass is 462 g/mol. The number of aromatic nitrogens is 2. The molecule has 1 saturated carbocycles. The number of carbonyl (C=O) groups is 1. The van der Waals surface area contributed by atoms with E-state index in [0.717, 1.165) is 70.0 Å². The van der Waals surface area contributed by atoms with Crippen molar-refractivity contribution in [1.82, 2.24) is 20.2 Å². The van der Waals surface area contributed by atoms with Gasteiger partial charge in [0.15, 0.2) is 0 Å². The fraction of sp³-hybridized carbons (Fsp3) is 0.593. The second-order valence-electron chi connectivity index (χ2n) is 10.3. The van der Waals surface area contributed by atoms with E-state index in [1.807, 2.05) is 0 Å². The van der Waals surface area contributed by atoms with Gasteiger partial charge in [-0.15, -0.1) is 0 Å². The van der Waals surface area contributed by atoms with Crippen LogP contribution in [0.3, 0.4) is 0 Å². The van der Waals surface area contributed by atoms with Crippen molar-refractivity contribution >= 4 is 17.5 Å². The second kappa shape index (κ2) is 11.2. The van der Waals surface area contributed by atoms with Gasteiger partial charge in [-0.1, -0.05) is 30.3 Å². The Hall–Kier alpha value is -2.67. The zero-order valence-corrected chi connectivity index (χ0v) is 20.2. The van der Waals surface area contributed by atoms with Crippen LogP contribution in [0.2, 0.25) is 0 Å². The Morgan fingerprint density at radius 2 is 1.79 bits per heavy atom. The van der Waals surface area contributed by atoms with Crippen LogP contribution in [-0.4, -0.2) is 59.0 Å². The molecule has 34 heavy (non-hydrogen) atoms. The van der Waals surface area contributed by atoms with E-state index in [1.165, 1.54) is 24.8 Å². The number of piperidine rings is 2. The number of hydrogen-bond acceptors (Lipinski definition) is 6. The topological polar surface area (TPSA) is 73.4 Å². The molecule has 2 N–H and O–H groups in total. The van der Waals surface area contributed by atoms with Crippen LogP contribution in [0.15, 0.2) is 42.7 Å². The van der Waals surface area contributed by atoms with Crippen LogP contribution in [-0.2, 0) is 11.3 Å². The van der Waals surface area contributed by atoms with Crippen molar-refractivity contribution < 1.29 is 4.79 Å². The van der Waals surface area contributed by atoms with Gasteiger partial charge in [-0.2, -0.15) is 0 Å². The van der Waals surface area contributed by atoms with E-state index in [-0.39, 0.29) is 5.91 Å². The highest BCUT2D eigenvalue weighted by Crippen LogP contribution is 2.28. The number of hydrogen-bond donors (Lipinski definition) is 2. The molecule has 0 bridgehead atoms. The lowest BCUT2D eigenvalue weighted by Crippen LogP contribution is -2.44. The number of nitrogens with one attached hydrogen (secondary N) is 2. The summed E-state index contributed by atoms with van der Waals surface area (Å²) in [5, 5.41) is 6.78. The van der Waals surface area contributed by atoms with Crippen molar-refractivity contribution in [1.29, 1.82) is 0 Å². The zero-order chi connectivity index (χ0) is 23.2. The van der Waals surface area contributed by atoms with Crippen molar-refractivity contribution in [3.8, 4) is 0 Å².